The standard InChI is InChI=1S/C16H13ClN4O3S/c1-23-12-4-3-9(5-13(12)24-2)11-8-25-16(20-11)21-15(22)10-6-18-7-14(17)19-10/h3-8H,1-2H3,(H,20,21,22). The Morgan fingerprint density at radius 1 is 1.16 bits per heavy atom. The third-order valence-corrected chi connectivity index (χ3v) is 4.18. The second-order valence-electron chi connectivity index (χ2n) is 4.79. The number of nitrogens with zero attached hydrogens (tertiary/aromatic N) is 3. The van der Waals surface area contributed by atoms with E-state index in [-0.39, 0.29) is 10.8 Å². The van der Waals surface area contributed by atoms with Crippen molar-refractivity contribution in [3.05, 3.63) is 46.8 Å². The van der Waals surface area contributed by atoms with Crippen LogP contribution in [-0.4, -0.2) is 35.1 Å². The summed E-state index contributed by atoms with van der Waals surface area (Å²) in [6, 6.07) is 5.49. The molecule has 0 aliphatic rings. The van der Waals surface area contributed by atoms with Crippen LogP contribution >= 0.6 is 22.9 Å². The molecule has 2 aromatic heterocycles. The van der Waals surface area contributed by atoms with E-state index in [2.05, 4.69) is 20.3 Å². The van der Waals surface area contributed by atoms with Crippen molar-refractivity contribution < 1.29 is 14.3 Å². The van der Waals surface area contributed by atoms with Crippen molar-refractivity contribution in [2.45, 2.75) is 0 Å². The summed E-state index contributed by atoms with van der Waals surface area (Å²) in [6.45, 7) is 0. The molecule has 0 radical (unpaired) electrons. The van der Waals surface area contributed by atoms with Gasteiger partial charge in [0, 0.05) is 10.9 Å². The summed E-state index contributed by atoms with van der Waals surface area (Å²) in [7, 11) is 3.15. The van der Waals surface area contributed by atoms with Gasteiger partial charge in [0.25, 0.3) is 5.91 Å². The zero-order valence-electron chi connectivity index (χ0n) is 13.3. The lowest BCUT2D eigenvalue weighted by Gasteiger charge is -2.08. The number of aromatic nitrogens is 3. The molecule has 0 atom stereocenters. The lowest BCUT2D eigenvalue weighted by Crippen LogP contribution is -2.13. The van der Waals surface area contributed by atoms with Crippen LogP contribution in [0.3, 0.4) is 0 Å². The Bertz CT molecular complexity index is 916. The third-order valence-electron chi connectivity index (χ3n) is 3.24. The maximum atomic E-state index is 12.2. The Kier molecular flexibility index (Phi) is 5.11. The van der Waals surface area contributed by atoms with Crippen LogP contribution in [0.4, 0.5) is 5.13 Å². The summed E-state index contributed by atoms with van der Waals surface area (Å²) < 4.78 is 10.5. The third kappa shape index (κ3) is 3.86. The van der Waals surface area contributed by atoms with Crippen LogP contribution in [0.5, 0.6) is 11.5 Å². The normalized spacial score (nSPS) is 10.4. The maximum absolute atomic E-state index is 12.2. The number of benzene rings is 1. The Hall–Kier alpha value is -2.71. The van der Waals surface area contributed by atoms with Gasteiger partial charge in [-0.2, -0.15) is 0 Å². The van der Waals surface area contributed by atoms with Gasteiger partial charge in [-0.15, -0.1) is 11.3 Å². The Morgan fingerprint density at radius 3 is 2.68 bits per heavy atom. The van der Waals surface area contributed by atoms with Gasteiger partial charge in [-0.25, -0.2) is 9.97 Å². The number of nitrogens with one attached hydrogen (secondary N) is 1. The monoisotopic (exact) mass is 376 g/mol. The molecule has 3 rings (SSSR count). The van der Waals surface area contributed by atoms with Gasteiger partial charge in [0.1, 0.15) is 10.8 Å². The highest BCUT2D eigenvalue weighted by atomic mass is 35.5. The molecule has 0 aliphatic heterocycles. The zero-order valence-corrected chi connectivity index (χ0v) is 14.9. The maximum Gasteiger partial charge on any atom is 0.277 e. The second-order valence-corrected chi connectivity index (χ2v) is 6.03. The SMILES string of the molecule is COc1ccc(-c2csc(NC(=O)c3cncc(Cl)n3)n2)cc1OC. The smallest absolute Gasteiger partial charge is 0.277 e. The van der Waals surface area contributed by atoms with Crippen molar-refractivity contribution >= 4 is 34.0 Å². The molecule has 0 fully saturated rings. The molecular formula is C16H13ClN4O3S. The first-order chi connectivity index (χ1) is 12.1. The summed E-state index contributed by atoms with van der Waals surface area (Å²) in [5, 5.41) is 5.10. The van der Waals surface area contributed by atoms with Gasteiger partial charge in [-0.1, -0.05) is 11.6 Å². The molecule has 25 heavy (non-hydrogen) atoms. The minimum atomic E-state index is -0.428. The van der Waals surface area contributed by atoms with Crippen LogP contribution in [0.1, 0.15) is 10.5 Å². The van der Waals surface area contributed by atoms with Crippen LogP contribution in [0.2, 0.25) is 5.15 Å². The first-order valence-corrected chi connectivity index (χ1v) is 8.33. The number of carbonyl (C=O) groups is 1. The van der Waals surface area contributed by atoms with Crippen molar-refractivity contribution in [2.24, 2.45) is 0 Å². The predicted molar refractivity (Wildman–Crippen MR) is 95.6 cm³/mol. The van der Waals surface area contributed by atoms with Gasteiger partial charge >= 0.3 is 0 Å². The summed E-state index contributed by atoms with van der Waals surface area (Å²) in [5.74, 6) is 0.811. The lowest BCUT2D eigenvalue weighted by molar-refractivity contribution is 0.102. The van der Waals surface area contributed by atoms with Gasteiger partial charge in [-0.3, -0.25) is 15.1 Å². The average molecular weight is 377 g/mol. The van der Waals surface area contributed by atoms with Crippen LogP contribution in [0.25, 0.3) is 11.3 Å². The molecule has 0 bridgehead atoms. The van der Waals surface area contributed by atoms with E-state index in [4.69, 9.17) is 21.1 Å². The lowest BCUT2D eigenvalue weighted by atomic mass is 10.1. The van der Waals surface area contributed by atoms with Gasteiger partial charge < -0.3 is 9.47 Å². The largest absolute Gasteiger partial charge is 0.493 e. The minimum absolute atomic E-state index is 0.121. The number of ether oxygens (including phenoxy) is 2. The quantitative estimate of drug-likeness (QED) is 0.733. The molecule has 2 heterocycles. The number of anilines is 1. The summed E-state index contributed by atoms with van der Waals surface area (Å²) >= 11 is 7.04. The molecule has 0 aliphatic carbocycles. The topological polar surface area (TPSA) is 86.2 Å². The number of methoxy groups -OCH3 is 2. The highest BCUT2D eigenvalue weighted by Gasteiger charge is 2.13. The molecule has 0 saturated heterocycles. The van der Waals surface area contributed by atoms with Crippen molar-refractivity contribution in [1.82, 2.24) is 15.0 Å². The van der Waals surface area contributed by atoms with Gasteiger partial charge in [0.2, 0.25) is 0 Å². The highest BCUT2D eigenvalue weighted by Crippen LogP contribution is 2.33. The van der Waals surface area contributed by atoms with Crippen LogP contribution in [-0.2, 0) is 0 Å². The van der Waals surface area contributed by atoms with Gasteiger partial charge in [0.05, 0.1) is 32.3 Å². The number of halogens is 1. The Balaban J connectivity index is 1.79. The molecule has 7 nitrogen and oxygen atoms in total. The van der Waals surface area contributed by atoms with E-state index in [0.717, 1.165) is 5.56 Å². The number of thiazole rings is 1. The number of amides is 1. The molecule has 1 amide bonds. The summed E-state index contributed by atoms with van der Waals surface area (Å²) in [5.41, 5.74) is 1.67. The van der Waals surface area contributed by atoms with E-state index in [1.54, 1.807) is 20.3 Å². The molecule has 0 saturated carbocycles. The fourth-order valence-corrected chi connectivity index (χ4v) is 2.93. The minimum Gasteiger partial charge on any atom is -0.493 e. The van der Waals surface area contributed by atoms with Crippen molar-refractivity contribution in [3.63, 3.8) is 0 Å². The van der Waals surface area contributed by atoms with Crippen LogP contribution in [0.15, 0.2) is 36.0 Å². The van der Waals surface area contributed by atoms with Gasteiger partial charge in [0.15, 0.2) is 16.6 Å². The first-order valence-electron chi connectivity index (χ1n) is 7.07. The number of hydrogen-bond acceptors (Lipinski definition) is 7. The first kappa shape index (κ1) is 17.1. The highest BCUT2D eigenvalue weighted by molar-refractivity contribution is 7.14. The molecule has 1 aromatic carbocycles. The molecule has 9 heteroatoms. The molecule has 3 aromatic rings. The fourth-order valence-electron chi connectivity index (χ4n) is 2.07. The second kappa shape index (κ2) is 7.45. The van der Waals surface area contributed by atoms with Gasteiger partial charge in [-0.05, 0) is 18.2 Å². The van der Waals surface area contributed by atoms with E-state index < -0.39 is 5.91 Å². The van der Waals surface area contributed by atoms with E-state index in [9.17, 15) is 4.79 Å². The summed E-state index contributed by atoms with van der Waals surface area (Å²) in [6.07, 6.45) is 2.70. The Labute approximate surface area is 152 Å². The Morgan fingerprint density at radius 2 is 1.96 bits per heavy atom. The number of hydrogen-bond donors (Lipinski definition) is 1. The number of carbonyl (C=O) groups excluding carboxylic acids is 1. The molecule has 1 N–H and O–H groups in total. The van der Waals surface area contributed by atoms with Crippen molar-refractivity contribution in [3.8, 4) is 22.8 Å². The number of rotatable bonds is 5. The van der Waals surface area contributed by atoms with E-state index in [1.165, 1.54) is 23.7 Å². The summed E-state index contributed by atoms with van der Waals surface area (Å²) in [4.78, 5) is 24.3. The van der Waals surface area contributed by atoms with Crippen molar-refractivity contribution in [2.75, 3.05) is 19.5 Å². The fraction of sp³-hybridized carbons (Fsp3) is 0.125. The van der Waals surface area contributed by atoms with Crippen LogP contribution in [0, 0.1) is 0 Å². The van der Waals surface area contributed by atoms with E-state index in [0.29, 0.717) is 22.3 Å². The van der Waals surface area contributed by atoms with Crippen LogP contribution < -0.4 is 14.8 Å². The molecular weight excluding hydrogens is 364 g/mol. The van der Waals surface area contributed by atoms with E-state index in [1.807, 2.05) is 17.5 Å². The zero-order chi connectivity index (χ0) is 17.8. The predicted octanol–water partition coefficient (Wildman–Crippen LogP) is 3.52. The molecule has 0 unspecified atom stereocenters. The molecule has 128 valence electrons. The average Bonchev–Trinajstić information content (AvgIpc) is 3.09. The van der Waals surface area contributed by atoms with Crippen molar-refractivity contribution in [1.29, 1.82) is 0 Å². The van der Waals surface area contributed by atoms with E-state index >= 15 is 0 Å². The molecule has 0 spiro atoms.